The van der Waals surface area contributed by atoms with Crippen LogP contribution in [0.3, 0.4) is 0 Å². The first-order chi connectivity index (χ1) is 11.1. The Hall–Kier alpha value is -2.20. The number of carbonyl (C=O) groups excluding carboxylic acids is 1. The van der Waals surface area contributed by atoms with Crippen molar-refractivity contribution >= 4 is 5.91 Å². The van der Waals surface area contributed by atoms with Crippen LogP contribution in [0.15, 0.2) is 54.6 Å². The molecule has 0 radical (unpaired) electrons. The van der Waals surface area contributed by atoms with Crippen LogP contribution in [0, 0.1) is 5.82 Å². The van der Waals surface area contributed by atoms with Crippen molar-refractivity contribution < 1.29 is 9.18 Å². The molecular formula is C19H23FN2O. The molecule has 0 aliphatic rings. The Morgan fingerprint density at radius 1 is 1.13 bits per heavy atom. The largest absolute Gasteiger partial charge is 0.351 e. The number of nitrogens with zero attached hydrogens (tertiary/aromatic N) is 1. The van der Waals surface area contributed by atoms with Crippen molar-refractivity contribution in [3.63, 3.8) is 0 Å². The van der Waals surface area contributed by atoms with E-state index in [9.17, 15) is 9.18 Å². The Balaban J connectivity index is 1.88. The van der Waals surface area contributed by atoms with E-state index in [2.05, 4.69) is 29.3 Å². The zero-order chi connectivity index (χ0) is 16.7. The fraction of sp³-hybridized carbons (Fsp3) is 0.316. The third-order valence-corrected chi connectivity index (χ3v) is 3.99. The van der Waals surface area contributed by atoms with Gasteiger partial charge in [-0.25, -0.2) is 4.39 Å². The van der Waals surface area contributed by atoms with Gasteiger partial charge in [-0.3, -0.25) is 9.69 Å². The molecule has 0 fully saturated rings. The summed E-state index contributed by atoms with van der Waals surface area (Å²) in [7, 11) is 0. The monoisotopic (exact) mass is 314 g/mol. The predicted molar refractivity (Wildman–Crippen MR) is 90.4 cm³/mol. The highest BCUT2D eigenvalue weighted by molar-refractivity contribution is 5.78. The minimum atomic E-state index is -0.270. The van der Waals surface area contributed by atoms with Gasteiger partial charge in [-0.1, -0.05) is 49.4 Å². The van der Waals surface area contributed by atoms with E-state index in [0.29, 0.717) is 13.1 Å². The molecule has 2 aromatic rings. The molecule has 1 atom stereocenters. The Labute approximate surface area is 137 Å². The number of amides is 1. The average molecular weight is 314 g/mol. The zero-order valence-corrected chi connectivity index (χ0v) is 13.6. The third kappa shape index (κ3) is 5.18. The van der Waals surface area contributed by atoms with Gasteiger partial charge in [0.25, 0.3) is 0 Å². The molecule has 0 saturated carbocycles. The zero-order valence-electron chi connectivity index (χ0n) is 13.6. The van der Waals surface area contributed by atoms with Crippen LogP contribution in [0.25, 0.3) is 0 Å². The summed E-state index contributed by atoms with van der Waals surface area (Å²) in [6.45, 7) is 5.70. The van der Waals surface area contributed by atoms with Gasteiger partial charge >= 0.3 is 0 Å². The topological polar surface area (TPSA) is 32.3 Å². The van der Waals surface area contributed by atoms with Gasteiger partial charge in [-0.2, -0.15) is 0 Å². The minimum Gasteiger partial charge on any atom is -0.351 e. The molecular weight excluding hydrogens is 291 g/mol. The van der Waals surface area contributed by atoms with E-state index in [0.717, 1.165) is 12.1 Å². The SMILES string of the molecule is CCN(CC(=O)NCc1ccc(F)cc1)C(C)c1ccccc1. The van der Waals surface area contributed by atoms with Gasteiger partial charge in [0, 0.05) is 12.6 Å². The van der Waals surface area contributed by atoms with Crippen molar-refractivity contribution in [3.8, 4) is 0 Å². The van der Waals surface area contributed by atoms with Crippen LogP contribution in [-0.2, 0) is 11.3 Å². The number of carbonyl (C=O) groups is 1. The van der Waals surface area contributed by atoms with Gasteiger partial charge in [0.15, 0.2) is 0 Å². The van der Waals surface area contributed by atoms with Crippen LogP contribution >= 0.6 is 0 Å². The molecule has 0 bridgehead atoms. The highest BCUT2D eigenvalue weighted by Gasteiger charge is 2.16. The fourth-order valence-corrected chi connectivity index (χ4v) is 2.51. The molecule has 2 aromatic carbocycles. The first-order valence-corrected chi connectivity index (χ1v) is 7.90. The van der Waals surface area contributed by atoms with Crippen molar-refractivity contribution in [2.24, 2.45) is 0 Å². The molecule has 1 amide bonds. The summed E-state index contributed by atoms with van der Waals surface area (Å²) in [4.78, 5) is 14.3. The normalized spacial score (nSPS) is 12.2. The molecule has 0 aromatic heterocycles. The van der Waals surface area contributed by atoms with E-state index in [1.165, 1.54) is 17.7 Å². The van der Waals surface area contributed by atoms with Crippen molar-refractivity contribution in [3.05, 3.63) is 71.5 Å². The minimum absolute atomic E-state index is 0.0287. The first kappa shape index (κ1) is 17.2. The number of hydrogen-bond donors (Lipinski definition) is 1. The van der Waals surface area contributed by atoms with E-state index in [4.69, 9.17) is 0 Å². The summed E-state index contributed by atoms with van der Waals surface area (Å²) in [6, 6.07) is 16.5. The van der Waals surface area contributed by atoms with E-state index in [1.807, 2.05) is 25.1 Å². The predicted octanol–water partition coefficient (Wildman–Crippen LogP) is 3.53. The van der Waals surface area contributed by atoms with Crippen LogP contribution in [0.1, 0.15) is 31.0 Å². The lowest BCUT2D eigenvalue weighted by Crippen LogP contribution is -2.38. The van der Waals surface area contributed by atoms with Crippen LogP contribution in [-0.4, -0.2) is 23.9 Å². The molecule has 4 heteroatoms. The van der Waals surface area contributed by atoms with E-state index in [-0.39, 0.29) is 17.8 Å². The summed E-state index contributed by atoms with van der Waals surface area (Å²) in [5.41, 5.74) is 2.08. The third-order valence-electron chi connectivity index (χ3n) is 3.99. The first-order valence-electron chi connectivity index (χ1n) is 7.90. The van der Waals surface area contributed by atoms with Crippen molar-refractivity contribution in [2.75, 3.05) is 13.1 Å². The molecule has 0 saturated heterocycles. The number of likely N-dealkylation sites (N-methyl/N-ethyl adjacent to an activating group) is 1. The second-order valence-corrected chi connectivity index (χ2v) is 5.55. The van der Waals surface area contributed by atoms with Gasteiger partial charge in [0.05, 0.1) is 6.54 Å². The van der Waals surface area contributed by atoms with Crippen molar-refractivity contribution in [1.29, 1.82) is 0 Å². The van der Waals surface area contributed by atoms with Crippen LogP contribution in [0.4, 0.5) is 4.39 Å². The molecule has 122 valence electrons. The average Bonchev–Trinajstić information content (AvgIpc) is 2.59. The van der Waals surface area contributed by atoms with Gasteiger partial charge < -0.3 is 5.32 Å². The fourth-order valence-electron chi connectivity index (χ4n) is 2.51. The van der Waals surface area contributed by atoms with Gasteiger partial charge in [0.2, 0.25) is 5.91 Å². The lowest BCUT2D eigenvalue weighted by Gasteiger charge is -2.27. The molecule has 3 nitrogen and oxygen atoms in total. The van der Waals surface area contributed by atoms with Crippen LogP contribution in [0.2, 0.25) is 0 Å². The molecule has 2 rings (SSSR count). The summed E-state index contributed by atoms with van der Waals surface area (Å²) < 4.78 is 12.9. The Kier molecular flexibility index (Phi) is 6.29. The highest BCUT2D eigenvalue weighted by Crippen LogP contribution is 2.18. The molecule has 1 N–H and O–H groups in total. The molecule has 0 spiro atoms. The Bertz CT molecular complexity index is 613. The highest BCUT2D eigenvalue weighted by atomic mass is 19.1. The second-order valence-electron chi connectivity index (χ2n) is 5.55. The summed E-state index contributed by atoms with van der Waals surface area (Å²) in [6.07, 6.45) is 0. The van der Waals surface area contributed by atoms with Crippen LogP contribution in [0.5, 0.6) is 0 Å². The van der Waals surface area contributed by atoms with Crippen molar-refractivity contribution in [2.45, 2.75) is 26.4 Å². The maximum atomic E-state index is 12.9. The van der Waals surface area contributed by atoms with Gasteiger partial charge in [0.1, 0.15) is 5.82 Å². The smallest absolute Gasteiger partial charge is 0.234 e. The van der Waals surface area contributed by atoms with Gasteiger partial charge in [-0.05, 0) is 36.7 Å². The second kappa shape index (κ2) is 8.44. The van der Waals surface area contributed by atoms with Crippen LogP contribution < -0.4 is 5.32 Å². The number of rotatable bonds is 7. The quantitative estimate of drug-likeness (QED) is 0.848. The lowest BCUT2D eigenvalue weighted by atomic mass is 10.1. The maximum Gasteiger partial charge on any atom is 0.234 e. The van der Waals surface area contributed by atoms with E-state index >= 15 is 0 Å². The van der Waals surface area contributed by atoms with E-state index in [1.54, 1.807) is 12.1 Å². The number of hydrogen-bond acceptors (Lipinski definition) is 2. The van der Waals surface area contributed by atoms with E-state index < -0.39 is 0 Å². The number of benzene rings is 2. The number of nitrogens with one attached hydrogen (secondary N) is 1. The molecule has 0 aliphatic heterocycles. The number of halogens is 1. The maximum absolute atomic E-state index is 12.9. The lowest BCUT2D eigenvalue weighted by molar-refractivity contribution is -0.122. The Morgan fingerprint density at radius 2 is 1.78 bits per heavy atom. The summed E-state index contributed by atoms with van der Waals surface area (Å²) in [5, 5.41) is 2.89. The molecule has 0 aliphatic carbocycles. The van der Waals surface area contributed by atoms with Crippen molar-refractivity contribution in [1.82, 2.24) is 10.2 Å². The molecule has 0 heterocycles. The molecule has 23 heavy (non-hydrogen) atoms. The standard InChI is InChI=1S/C19H23FN2O/c1-3-22(15(2)17-7-5-4-6-8-17)14-19(23)21-13-16-9-11-18(20)12-10-16/h4-12,15H,3,13-14H2,1-2H3,(H,21,23). The molecule has 1 unspecified atom stereocenters. The van der Waals surface area contributed by atoms with Gasteiger partial charge in [-0.15, -0.1) is 0 Å². The summed E-state index contributed by atoms with van der Waals surface area (Å²) >= 11 is 0. The Morgan fingerprint density at radius 3 is 2.39 bits per heavy atom. The summed E-state index contributed by atoms with van der Waals surface area (Å²) in [5.74, 6) is -0.298.